The van der Waals surface area contributed by atoms with Crippen molar-refractivity contribution in [3.63, 3.8) is 0 Å². The van der Waals surface area contributed by atoms with E-state index in [-0.39, 0.29) is 5.91 Å². The zero-order chi connectivity index (χ0) is 14.5. The molecule has 4 heteroatoms. The van der Waals surface area contributed by atoms with E-state index in [4.69, 9.17) is 9.15 Å². The molecule has 2 rings (SSSR count). The summed E-state index contributed by atoms with van der Waals surface area (Å²) in [6.07, 6.45) is 1.95. The topological polar surface area (TPSA) is 51.5 Å². The van der Waals surface area contributed by atoms with Crippen LogP contribution >= 0.6 is 0 Å². The summed E-state index contributed by atoms with van der Waals surface area (Å²) in [4.78, 5) is 11.9. The van der Waals surface area contributed by atoms with Gasteiger partial charge in [0.1, 0.15) is 11.5 Å². The summed E-state index contributed by atoms with van der Waals surface area (Å²) in [5.41, 5.74) is 3.10. The molecule has 0 radical (unpaired) electrons. The maximum absolute atomic E-state index is 11.9. The largest absolute Gasteiger partial charge is 0.496 e. The molecule has 20 heavy (non-hydrogen) atoms. The van der Waals surface area contributed by atoms with E-state index < -0.39 is 0 Å². The van der Waals surface area contributed by atoms with Crippen LogP contribution in [0.5, 0.6) is 5.75 Å². The van der Waals surface area contributed by atoms with Crippen LogP contribution in [0.4, 0.5) is 0 Å². The van der Waals surface area contributed by atoms with Gasteiger partial charge in [-0.1, -0.05) is 6.07 Å². The molecule has 1 N–H and O–H groups in total. The highest BCUT2D eigenvalue weighted by Crippen LogP contribution is 2.22. The van der Waals surface area contributed by atoms with Crippen molar-refractivity contribution in [3.8, 4) is 5.75 Å². The van der Waals surface area contributed by atoms with Crippen molar-refractivity contribution in [1.29, 1.82) is 0 Å². The molecular weight excluding hydrogens is 254 g/mol. The molecule has 106 valence electrons. The number of hydrogen-bond acceptors (Lipinski definition) is 3. The maximum Gasteiger partial charge on any atom is 0.224 e. The summed E-state index contributed by atoms with van der Waals surface area (Å²) in [5.74, 6) is 1.58. The maximum atomic E-state index is 11.9. The molecule has 0 atom stereocenters. The molecular formula is C16H19NO3. The van der Waals surface area contributed by atoms with E-state index >= 15 is 0 Å². The van der Waals surface area contributed by atoms with Crippen molar-refractivity contribution in [2.24, 2.45) is 0 Å². The van der Waals surface area contributed by atoms with E-state index in [9.17, 15) is 4.79 Å². The fourth-order valence-corrected chi connectivity index (χ4v) is 2.09. The Balaban J connectivity index is 1.99. The van der Waals surface area contributed by atoms with Gasteiger partial charge < -0.3 is 14.5 Å². The van der Waals surface area contributed by atoms with Crippen molar-refractivity contribution < 1.29 is 13.9 Å². The minimum absolute atomic E-state index is 0.0194. The van der Waals surface area contributed by atoms with E-state index in [1.807, 2.05) is 32.0 Å². The first-order valence-electron chi connectivity index (χ1n) is 6.53. The molecule has 0 saturated carbocycles. The van der Waals surface area contributed by atoms with Crippen LogP contribution < -0.4 is 10.1 Å². The number of furan rings is 1. The Bertz CT molecular complexity index is 588. The predicted octanol–water partition coefficient (Wildman–Crippen LogP) is 2.76. The Hall–Kier alpha value is -2.23. The number of benzene rings is 1. The number of hydrogen-bond donors (Lipinski definition) is 1. The first-order valence-corrected chi connectivity index (χ1v) is 6.53. The third-order valence-electron chi connectivity index (χ3n) is 3.24. The summed E-state index contributed by atoms with van der Waals surface area (Å²) >= 11 is 0. The van der Waals surface area contributed by atoms with Crippen molar-refractivity contribution in [2.75, 3.05) is 7.11 Å². The Kier molecular flexibility index (Phi) is 4.45. The highest BCUT2D eigenvalue weighted by molar-refractivity contribution is 5.79. The zero-order valence-corrected chi connectivity index (χ0v) is 12.0. The van der Waals surface area contributed by atoms with Crippen LogP contribution in [-0.2, 0) is 17.8 Å². The number of carbonyl (C=O) groups excluding carboxylic acids is 1. The lowest BCUT2D eigenvalue weighted by Gasteiger charge is -2.11. The predicted molar refractivity (Wildman–Crippen MR) is 76.7 cm³/mol. The number of aryl methyl sites for hydroxylation is 2. The molecule has 1 amide bonds. The molecule has 0 unspecified atom stereocenters. The van der Waals surface area contributed by atoms with E-state index in [2.05, 4.69) is 5.32 Å². The number of carbonyl (C=O) groups is 1. The quantitative estimate of drug-likeness (QED) is 0.911. The molecule has 0 aliphatic carbocycles. The molecule has 0 saturated heterocycles. The number of nitrogens with one attached hydrogen (secondary N) is 1. The van der Waals surface area contributed by atoms with E-state index in [0.29, 0.717) is 13.0 Å². The van der Waals surface area contributed by atoms with Gasteiger partial charge in [0.25, 0.3) is 0 Å². The van der Waals surface area contributed by atoms with Crippen LogP contribution in [0.2, 0.25) is 0 Å². The van der Waals surface area contributed by atoms with E-state index in [1.165, 1.54) is 0 Å². The Morgan fingerprint density at radius 1 is 1.30 bits per heavy atom. The summed E-state index contributed by atoms with van der Waals surface area (Å²) in [5, 5.41) is 2.84. The van der Waals surface area contributed by atoms with Crippen LogP contribution in [0.25, 0.3) is 0 Å². The average molecular weight is 273 g/mol. The number of rotatable bonds is 5. The van der Waals surface area contributed by atoms with Gasteiger partial charge in [-0.05, 0) is 48.7 Å². The normalized spacial score (nSPS) is 10.3. The molecule has 0 spiro atoms. The lowest BCUT2D eigenvalue weighted by atomic mass is 10.0. The van der Waals surface area contributed by atoms with Gasteiger partial charge in [-0.15, -0.1) is 0 Å². The molecule has 1 heterocycles. The number of amides is 1. The summed E-state index contributed by atoms with van der Waals surface area (Å²) in [6.45, 7) is 4.37. The number of ether oxygens (including phenoxy) is 1. The van der Waals surface area contributed by atoms with Gasteiger partial charge in [0.2, 0.25) is 5.91 Å². The fraction of sp³-hybridized carbons (Fsp3) is 0.312. The Morgan fingerprint density at radius 3 is 2.75 bits per heavy atom. The van der Waals surface area contributed by atoms with Crippen LogP contribution in [0.3, 0.4) is 0 Å². The summed E-state index contributed by atoms with van der Waals surface area (Å²) in [7, 11) is 1.65. The van der Waals surface area contributed by atoms with E-state index in [1.54, 1.807) is 19.4 Å². The SMILES string of the molecule is COc1cc(C)c(CC(=O)NCc2ccco2)cc1C. The van der Waals surface area contributed by atoms with Gasteiger partial charge in [-0.2, -0.15) is 0 Å². The van der Waals surface area contributed by atoms with Crippen molar-refractivity contribution in [1.82, 2.24) is 5.32 Å². The van der Waals surface area contributed by atoms with Crippen LogP contribution in [-0.4, -0.2) is 13.0 Å². The molecule has 2 aromatic rings. The second kappa shape index (κ2) is 6.28. The highest BCUT2D eigenvalue weighted by Gasteiger charge is 2.09. The molecule has 0 fully saturated rings. The summed E-state index contributed by atoms with van der Waals surface area (Å²) in [6, 6.07) is 7.60. The Labute approximate surface area is 118 Å². The summed E-state index contributed by atoms with van der Waals surface area (Å²) < 4.78 is 10.4. The first kappa shape index (κ1) is 14.2. The smallest absolute Gasteiger partial charge is 0.224 e. The van der Waals surface area contributed by atoms with Gasteiger partial charge in [0, 0.05) is 0 Å². The first-order chi connectivity index (χ1) is 9.60. The second-order valence-electron chi connectivity index (χ2n) is 4.78. The van der Waals surface area contributed by atoms with Crippen molar-refractivity contribution in [2.45, 2.75) is 26.8 Å². The monoisotopic (exact) mass is 273 g/mol. The lowest BCUT2D eigenvalue weighted by Crippen LogP contribution is -2.24. The molecule has 1 aromatic heterocycles. The fourth-order valence-electron chi connectivity index (χ4n) is 2.09. The lowest BCUT2D eigenvalue weighted by molar-refractivity contribution is -0.120. The standard InChI is InChI=1S/C16H19NO3/c1-11-8-15(19-3)12(2)7-13(11)9-16(18)17-10-14-5-4-6-20-14/h4-8H,9-10H2,1-3H3,(H,17,18). The highest BCUT2D eigenvalue weighted by atomic mass is 16.5. The number of methoxy groups -OCH3 is 1. The van der Waals surface area contributed by atoms with Gasteiger partial charge in [-0.25, -0.2) is 0 Å². The second-order valence-corrected chi connectivity index (χ2v) is 4.78. The Morgan fingerprint density at radius 2 is 2.10 bits per heavy atom. The minimum Gasteiger partial charge on any atom is -0.496 e. The van der Waals surface area contributed by atoms with Crippen LogP contribution in [0, 0.1) is 13.8 Å². The van der Waals surface area contributed by atoms with Crippen molar-refractivity contribution >= 4 is 5.91 Å². The van der Waals surface area contributed by atoms with Crippen LogP contribution in [0.15, 0.2) is 34.9 Å². The zero-order valence-electron chi connectivity index (χ0n) is 12.0. The van der Waals surface area contributed by atoms with Gasteiger partial charge in [0.05, 0.1) is 26.3 Å². The minimum atomic E-state index is -0.0194. The third kappa shape index (κ3) is 3.41. The van der Waals surface area contributed by atoms with Crippen LogP contribution in [0.1, 0.15) is 22.5 Å². The third-order valence-corrected chi connectivity index (χ3v) is 3.24. The van der Waals surface area contributed by atoms with Crippen molar-refractivity contribution in [3.05, 3.63) is 53.0 Å². The van der Waals surface area contributed by atoms with Gasteiger partial charge in [-0.3, -0.25) is 4.79 Å². The van der Waals surface area contributed by atoms with E-state index in [0.717, 1.165) is 28.2 Å². The average Bonchev–Trinajstić information content (AvgIpc) is 2.93. The van der Waals surface area contributed by atoms with Gasteiger partial charge in [0.15, 0.2) is 0 Å². The van der Waals surface area contributed by atoms with Gasteiger partial charge >= 0.3 is 0 Å². The molecule has 4 nitrogen and oxygen atoms in total. The molecule has 0 aliphatic heterocycles. The molecule has 1 aromatic carbocycles. The molecule has 0 bridgehead atoms. The molecule has 0 aliphatic rings.